The van der Waals surface area contributed by atoms with Gasteiger partial charge in [-0.15, -0.1) is 0 Å². The predicted molar refractivity (Wildman–Crippen MR) is 100 cm³/mol. The highest BCUT2D eigenvalue weighted by molar-refractivity contribution is 8.13. The Morgan fingerprint density at radius 1 is 1.07 bits per heavy atom. The fraction of sp³-hybridized carbons (Fsp3) is 0.375. The van der Waals surface area contributed by atoms with Crippen LogP contribution < -0.4 is 10.6 Å². The number of amides is 2. The number of benzene rings is 1. The Bertz CT molecular complexity index is 743. The summed E-state index contributed by atoms with van der Waals surface area (Å²) < 4.78 is 45.8. The van der Waals surface area contributed by atoms with Crippen LogP contribution in [0.5, 0.6) is 0 Å². The molecule has 1 atom stereocenters. The molecule has 0 radical (unpaired) electrons. The van der Waals surface area contributed by atoms with E-state index < -0.39 is 41.1 Å². The van der Waals surface area contributed by atoms with Crippen molar-refractivity contribution in [3.8, 4) is 0 Å². The Balaban J connectivity index is 2.59. The van der Waals surface area contributed by atoms with E-state index in [4.69, 9.17) is 0 Å². The molecule has 0 aliphatic carbocycles. The van der Waals surface area contributed by atoms with E-state index in [1.807, 2.05) is 0 Å². The molecule has 29 heavy (non-hydrogen) atoms. The number of alkyl halides is 3. The Labute approximate surface area is 172 Å². The van der Waals surface area contributed by atoms with Gasteiger partial charge in [0.2, 0.25) is 5.91 Å². The van der Waals surface area contributed by atoms with Crippen molar-refractivity contribution in [3.63, 3.8) is 0 Å². The number of hydrogen-bond acceptors (Lipinski definition) is 8. The summed E-state index contributed by atoms with van der Waals surface area (Å²) in [6, 6.07) is 3.79. The lowest BCUT2D eigenvalue weighted by Crippen LogP contribution is -2.44. The molecule has 0 saturated heterocycles. The average molecular weight is 454 g/mol. The van der Waals surface area contributed by atoms with E-state index in [2.05, 4.69) is 20.1 Å². The summed E-state index contributed by atoms with van der Waals surface area (Å²) in [5.41, 5.74) is -4.17. The molecule has 0 aliphatic heterocycles. The first kappa shape index (κ1) is 24.6. The highest BCUT2D eigenvalue weighted by Gasteiger charge is 2.29. The van der Waals surface area contributed by atoms with Crippen molar-refractivity contribution < 1.29 is 41.8 Å². The van der Waals surface area contributed by atoms with Crippen molar-refractivity contribution in [1.29, 1.82) is 0 Å². The fourth-order valence-corrected chi connectivity index (χ4v) is 3.08. The van der Waals surface area contributed by atoms with Gasteiger partial charge in [-0.05, 0) is 36.0 Å². The zero-order chi connectivity index (χ0) is 22.0. The number of thioether (sulfide) groups is 2. The third-order valence-corrected chi connectivity index (χ3v) is 4.67. The zero-order valence-electron chi connectivity index (χ0n) is 15.2. The Morgan fingerprint density at radius 3 is 2.21 bits per heavy atom. The van der Waals surface area contributed by atoms with Crippen LogP contribution in [0.25, 0.3) is 0 Å². The summed E-state index contributed by atoms with van der Waals surface area (Å²) >= 11 is 0.354. The maximum Gasteiger partial charge on any atom is 0.446 e. The molecule has 1 aromatic carbocycles. The molecule has 0 aromatic heterocycles. The third kappa shape index (κ3) is 10.1. The van der Waals surface area contributed by atoms with Crippen molar-refractivity contribution in [2.24, 2.45) is 0 Å². The van der Waals surface area contributed by atoms with Gasteiger partial charge in [-0.3, -0.25) is 14.4 Å². The topological polar surface area (TPSA) is 111 Å². The highest BCUT2D eigenvalue weighted by Crippen LogP contribution is 2.37. The first-order valence-corrected chi connectivity index (χ1v) is 9.58. The van der Waals surface area contributed by atoms with Crippen LogP contribution in [0.15, 0.2) is 29.2 Å². The lowest BCUT2D eigenvalue weighted by atomic mass is 10.3. The number of rotatable bonds is 8. The zero-order valence-corrected chi connectivity index (χ0v) is 16.8. The van der Waals surface area contributed by atoms with Crippen molar-refractivity contribution in [3.05, 3.63) is 24.3 Å². The molecule has 1 rings (SSSR count). The number of carbonyl (C=O) groups is 4. The summed E-state index contributed by atoms with van der Waals surface area (Å²) in [6.07, 6.45) is -0.608. The molecule has 13 heteroatoms. The van der Waals surface area contributed by atoms with Gasteiger partial charge in [0, 0.05) is 16.3 Å². The lowest BCUT2D eigenvalue weighted by molar-refractivity contribution is -0.147. The monoisotopic (exact) mass is 454 g/mol. The molecule has 0 fully saturated rings. The molecule has 2 amide bonds. The second-order valence-electron chi connectivity index (χ2n) is 5.19. The SMILES string of the molecule is COC(=O)CC(=O)N[C@@H](CSC(=O)Nc1ccc(SC(F)(F)F)cc1)C(=O)OC. The van der Waals surface area contributed by atoms with Gasteiger partial charge in [0.1, 0.15) is 12.5 Å². The minimum atomic E-state index is -4.41. The molecule has 0 spiro atoms. The van der Waals surface area contributed by atoms with Crippen molar-refractivity contribution in [1.82, 2.24) is 5.32 Å². The predicted octanol–water partition coefficient (Wildman–Crippen LogP) is 2.78. The molecule has 0 unspecified atom stereocenters. The van der Waals surface area contributed by atoms with Gasteiger partial charge in [-0.2, -0.15) is 13.2 Å². The number of anilines is 1. The molecule has 8 nitrogen and oxygen atoms in total. The molecular formula is C16H17F3N2O6S2. The fourth-order valence-electron chi connectivity index (χ4n) is 1.81. The maximum atomic E-state index is 12.3. The van der Waals surface area contributed by atoms with Crippen molar-refractivity contribution in [2.75, 3.05) is 25.3 Å². The van der Waals surface area contributed by atoms with Crippen molar-refractivity contribution in [2.45, 2.75) is 22.9 Å². The van der Waals surface area contributed by atoms with Crippen LogP contribution in [0, 0.1) is 0 Å². The first-order chi connectivity index (χ1) is 13.5. The largest absolute Gasteiger partial charge is 0.469 e. The number of methoxy groups -OCH3 is 2. The van der Waals surface area contributed by atoms with Crippen LogP contribution in [0.1, 0.15) is 6.42 Å². The molecule has 2 N–H and O–H groups in total. The molecule has 1 aromatic rings. The second kappa shape index (κ2) is 11.6. The molecule has 160 valence electrons. The molecule has 0 saturated carbocycles. The Morgan fingerprint density at radius 2 is 1.69 bits per heavy atom. The van der Waals surface area contributed by atoms with E-state index in [0.29, 0.717) is 11.8 Å². The minimum Gasteiger partial charge on any atom is -0.469 e. The van der Waals surface area contributed by atoms with Crippen LogP contribution >= 0.6 is 23.5 Å². The highest BCUT2D eigenvalue weighted by atomic mass is 32.2. The Hall–Kier alpha value is -2.41. The number of halogens is 3. The molecule has 0 aliphatic rings. The van der Waals surface area contributed by atoms with Crippen molar-refractivity contribution >= 4 is 52.3 Å². The number of nitrogens with one attached hydrogen (secondary N) is 2. The van der Waals surface area contributed by atoms with E-state index >= 15 is 0 Å². The normalized spacial score (nSPS) is 11.9. The van der Waals surface area contributed by atoms with Crippen LogP contribution in [-0.4, -0.2) is 54.6 Å². The molecular weight excluding hydrogens is 437 g/mol. The smallest absolute Gasteiger partial charge is 0.446 e. The standard InChI is InChI=1S/C16H17F3N2O6S2/c1-26-13(23)7-12(22)21-11(14(24)27-2)8-28-15(25)20-9-3-5-10(6-4-9)29-16(17,18)19/h3-6,11H,7-8H2,1-2H3,(H,20,25)(H,21,22)/t11-/m0/s1. The minimum absolute atomic E-state index is 0.0396. The van der Waals surface area contributed by atoms with E-state index in [0.717, 1.165) is 14.2 Å². The second-order valence-corrected chi connectivity index (χ2v) is 7.32. The summed E-state index contributed by atoms with van der Waals surface area (Å²) in [4.78, 5) is 46.5. The van der Waals surface area contributed by atoms with Gasteiger partial charge in [0.25, 0.3) is 5.24 Å². The summed E-state index contributed by atoms with van der Waals surface area (Å²) in [5.74, 6) is -2.61. The van der Waals surface area contributed by atoms with E-state index in [9.17, 15) is 32.3 Å². The van der Waals surface area contributed by atoms with Gasteiger partial charge in [-0.25, -0.2) is 4.79 Å². The Kier molecular flexibility index (Phi) is 9.81. The summed E-state index contributed by atoms with van der Waals surface area (Å²) in [5, 5.41) is 4.08. The van der Waals surface area contributed by atoms with E-state index in [1.165, 1.54) is 24.3 Å². The first-order valence-electron chi connectivity index (χ1n) is 7.77. The van der Waals surface area contributed by atoms with Crippen LogP contribution in [0.3, 0.4) is 0 Å². The van der Waals surface area contributed by atoms with Gasteiger partial charge in [-0.1, -0.05) is 11.8 Å². The number of carbonyl (C=O) groups excluding carboxylic acids is 4. The maximum absolute atomic E-state index is 12.3. The van der Waals surface area contributed by atoms with Gasteiger partial charge < -0.3 is 20.1 Å². The third-order valence-electron chi connectivity index (χ3n) is 3.07. The average Bonchev–Trinajstić information content (AvgIpc) is 2.64. The molecule has 0 bridgehead atoms. The van der Waals surface area contributed by atoms with Gasteiger partial charge in [0.15, 0.2) is 0 Å². The number of hydrogen-bond donors (Lipinski definition) is 2. The summed E-state index contributed by atoms with van der Waals surface area (Å²) in [7, 11) is 2.19. The van der Waals surface area contributed by atoms with Gasteiger partial charge in [0.05, 0.1) is 14.2 Å². The van der Waals surface area contributed by atoms with E-state index in [1.54, 1.807) is 0 Å². The van der Waals surface area contributed by atoms with Crippen LogP contribution in [0.2, 0.25) is 0 Å². The van der Waals surface area contributed by atoms with Crippen LogP contribution in [0.4, 0.5) is 23.7 Å². The number of esters is 2. The lowest BCUT2D eigenvalue weighted by Gasteiger charge is -2.15. The quantitative estimate of drug-likeness (QED) is 0.351. The number of ether oxygens (including phenoxy) is 2. The molecule has 0 heterocycles. The van der Waals surface area contributed by atoms with Gasteiger partial charge >= 0.3 is 17.4 Å². The van der Waals surface area contributed by atoms with Crippen LogP contribution in [-0.2, 0) is 23.9 Å². The summed E-state index contributed by atoms with van der Waals surface area (Å²) in [6.45, 7) is 0. The van der Waals surface area contributed by atoms with E-state index in [-0.39, 0.29) is 28.1 Å².